The van der Waals surface area contributed by atoms with Crippen molar-refractivity contribution >= 4 is 79.6 Å². The molecule has 0 atom stereocenters. The molecular formula is C21H16BrCl3N6S. The third-order valence-corrected chi connectivity index (χ3v) is 6.35. The van der Waals surface area contributed by atoms with Gasteiger partial charge in [-0.3, -0.25) is 9.36 Å². The largest absolute Gasteiger partial charge is 0.330 e. The van der Waals surface area contributed by atoms with Gasteiger partial charge in [-0.2, -0.15) is 10.2 Å². The maximum absolute atomic E-state index is 6.22. The minimum Gasteiger partial charge on any atom is -0.330 e. The highest BCUT2D eigenvalue weighted by atomic mass is 79.9. The molecule has 0 spiro atoms. The Bertz CT molecular complexity index is 1270. The second-order valence-corrected chi connectivity index (χ2v) is 9.35. The first-order valence-electron chi connectivity index (χ1n) is 9.38. The summed E-state index contributed by atoms with van der Waals surface area (Å²) >= 11 is 27.2. The van der Waals surface area contributed by atoms with Crippen LogP contribution in [0.3, 0.4) is 0 Å². The molecule has 0 aliphatic heterocycles. The van der Waals surface area contributed by atoms with Gasteiger partial charge in [-0.15, -0.1) is 0 Å². The summed E-state index contributed by atoms with van der Waals surface area (Å²) in [5.74, 6) is 0.589. The van der Waals surface area contributed by atoms with Crippen LogP contribution >= 0.6 is 63.0 Å². The molecule has 2 aromatic carbocycles. The van der Waals surface area contributed by atoms with Gasteiger partial charge in [0.1, 0.15) is 0 Å². The lowest BCUT2D eigenvalue weighted by Gasteiger charge is -2.07. The van der Waals surface area contributed by atoms with Gasteiger partial charge in [0.2, 0.25) is 0 Å². The number of anilines is 2. The Hall–Kier alpha value is -2.10. The lowest BCUT2D eigenvalue weighted by Crippen LogP contribution is -2.19. The fraction of sp³-hybridized carbons (Fsp3) is 0.0952. The quantitative estimate of drug-likeness (QED) is 0.253. The average Bonchev–Trinajstić information content (AvgIpc) is 3.32. The minimum atomic E-state index is 0.391. The maximum Gasteiger partial charge on any atom is 0.176 e. The van der Waals surface area contributed by atoms with Gasteiger partial charge in [0.05, 0.1) is 39.5 Å². The van der Waals surface area contributed by atoms with Gasteiger partial charge in [-0.25, -0.2) is 0 Å². The van der Waals surface area contributed by atoms with E-state index in [0.29, 0.717) is 39.1 Å². The summed E-state index contributed by atoms with van der Waals surface area (Å²) in [6.07, 6.45) is 5.41. The second kappa shape index (κ2) is 10.2. The number of benzene rings is 2. The number of aromatic nitrogens is 4. The van der Waals surface area contributed by atoms with Crippen molar-refractivity contribution in [1.29, 1.82) is 0 Å². The summed E-state index contributed by atoms with van der Waals surface area (Å²) in [7, 11) is 0. The first-order valence-corrected chi connectivity index (χ1v) is 11.7. The van der Waals surface area contributed by atoms with Gasteiger partial charge in [-0.1, -0.05) is 59.1 Å². The summed E-state index contributed by atoms with van der Waals surface area (Å²) < 4.78 is 4.33. The lowest BCUT2D eigenvalue weighted by molar-refractivity contribution is 0.687. The zero-order valence-electron chi connectivity index (χ0n) is 16.4. The smallest absolute Gasteiger partial charge is 0.176 e. The van der Waals surface area contributed by atoms with Gasteiger partial charge in [0, 0.05) is 17.4 Å². The number of rotatable bonds is 6. The summed E-state index contributed by atoms with van der Waals surface area (Å²) in [5, 5.41) is 17.2. The van der Waals surface area contributed by atoms with E-state index in [2.05, 4.69) is 36.8 Å². The van der Waals surface area contributed by atoms with E-state index in [1.165, 1.54) is 0 Å². The lowest BCUT2D eigenvalue weighted by atomic mass is 10.2. The van der Waals surface area contributed by atoms with Crippen LogP contribution in [0.15, 0.2) is 65.5 Å². The maximum atomic E-state index is 6.22. The molecule has 11 heteroatoms. The van der Waals surface area contributed by atoms with E-state index in [0.717, 1.165) is 21.3 Å². The van der Waals surface area contributed by atoms with Crippen molar-refractivity contribution in [2.45, 2.75) is 13.1 Å². The molecule has 32 heavy (non-hydrogen) atoms. The van der Waals surface area contributed by atoms with Crippen LogP contribution in [0.5, 0.6) is 0 Å². The highest BCUT2D eigenvalue weighted by molar-refractivity contribution is 9.10. The van der Waals surface area contributed by atoms with Crippen molar-refractivity contribution in [2.24, 2.45) is 0 Å². The number of nitrogens with one attached hydrogen (secondary N) is 2. The van der Waals surface area contributed by atoms with Crippen LogP contribution < -0.4 is 10.6 Å². The molecule has 0 amide bonds. The fourth-order valence-corrected chi connectivity index (χ4v) is 4.12. The van der Waals surface area contributed by atoms with E-state index in [9.17, 15) is 0 Å². The summed E-state index contributed by atoms with van der Waals surface area (Å²) in [5.41, 5.74) is 2.72. The van der Waals surface area contributed by atoms with Crippen molar-refractivity contribution in [3.8, 4) is 0 Å². The van der Waals surface area contributed by atoms with Crippen molar-refractivity contribution in [3.63, 3.8) is 0 Å². The number of thiocarbonyl (C=S) groups is 1. The third kappa shape index (κ3) is 5.82. The number of halogens is 4. The molecule has 0 aliphatic rings. The van der Waals surface area contributed by atoms with Gasteiger partial charge < -0.3 is 10.6 Å². The van der Waals surface area contributed by atoms with Crippen molar-refractivity contribution in [3.05, 3.63) is 91.7 Å². The second-order valence-electron chi connectivity index (χ2n) is 6.87. The predicted molar refractivity (Wildman–Crippen MR) is 138 cm³/mol. The Morgan fingerprint density at radius 2 is 1.75 bits per heavy atom. The molecular weight excluding hydrogens is 555 g/mol. The van der Waals surface area contributed by atoms with E-state index >= 15 is 0 Å². The van der Waals surface area contributed by atoms with Crippen LogP contribution in [0.25, 0.3) is 0 Å². The number of nitrogens with zero attached hydrogens (tertiary/aromatic N) is 4. The number of hydrogen-bond acceptors (Lipinski definition) is 3. The zero-order chi connectivity index (χ0) is 22.7. The molecule has 2 heterocycles. The van der Waals surface area contributed by atoms with Crippen LogP contribution in [-0.4, -0.2) is 24.7 Å². The Labute approximate surface area is 213 Å². The molecule has 2 N–H and O–H groups in total. The fourth-order valence-electron chi connectivity index (χ4n) is 2.97. The molecule has 4 aromatic rings. The molecule has 2 aromatic heterocycles. The van der Waals surface area contributed by atoms with Crippen molar-refractivity contribution in [2.75, 3.05) is 10.6 Å². The first kappa shape index (κ1) is 23.1. The van der Waals surface area contributed by atoms with Gasteiger partial charge in [0.25, 0.3) is 0 Å². The van der Waals surface area contributed by atoms with Crippen LogP contribution in [0.1, 0.15) is 11.1 Å². The third-order valence-electron chi connectivity index (χ3n) is 4.46. The van der Waals surface area contributed by atoms with Crippen LogP contribution in [0.4, 0.5) is 11.5 Å². The molecule has 6 nitrogen and oxygen atoms in total. The Morgan fingerprint density at radius 3 is 2.53 bits per heavy atom. The monoisotopic (exact) mass is 568 g/mol. The summed E-state index contributed by atoms with van der Waals surface area (Å²) in [4.78, 5) is 0. The highest BCUT2D eigenvalue weighted by Crippen LogP contribution is 2.25. The molecule has 0 aliphatic carbocycles. The van der Waals surface area contributed by atoms with Crippen LogP contribution in [0, 0.1) is 0 Å². The van der Waals surface area contributed by atoms with Gasteiger partial charge in [-0.05, 0) is 57.5 Å². The normalized spacial score (nSPS) is 10.9. The average molecular weight is 571 g/mol. The molecule has 164 valence electrons. The van der Waals surface area contributed by atoms with Crippen LogP contribution in [-0.2, 0) is 13.1 Å². The SMILES string of the molecule is S=C(Nc1cnn(Cc2ccccc2Cl)c1)Nc1nn(Cc2ccc(Cl)c(Cl)c2)cc1Br. The summed E-state index contributed by atoms with van der Waals surface area (Å²) in [6, 6.07) is 13.2. The molecule has 0 unspecified atom stereocenters. The molecule has 0 bridgehead atoms. The van der Waals surface area contributed by atoms with Crippen LogP contribution in [0.2, 0.25) is 15.1 Å². The molecule has 4 rings (SSSR count). The predicted octanol–water partition coefficient (Wildman–Crippen LogP) is 6.71. The molecule has 0 saturated heterocycles. The Kier molecular flexibility index (Phi) is 7.37. The number of hydrogen-bond donors (Lipinski definition) is 2. The molecule has 0 radical (unpaired) electrons. The summed E-state index contributed by atoms with van der Waals surface area (Å²) in [6.45, 7) is 1.10. The van der Waals surface area contributed by atoms with E-state index in [-0.39, 0.29) is 0 Å². The van der Waals surface area contributed by atoms with E-state index in [1.807, 2.05) is 48.8 Å². The van der Waals surface area contributed by atoms with E-state index in [1.54, 1.807) is 21.6 Å². The Morgan fingerprint density at radius 1 is 0.938 bits per heavy atom. The van der Waals surface area contributed by atoms with Crippen molar-refractivity contribution < 1.29 is 0 Å². The van der Waals surface area contributed by atoms with Gasteiger partial charge >= 0.3 is 0 Å². The molecule has 0 fully saturated rings. The minimum absolute atomic E-state index is 0.391. The highest BCUT2D eigenvalue weighted by Gasteiger charge is 2.11. The first-order chi connectivity index (χ1) is 15.4. The van der Waals surface area contributed by atoms with E-state index < -0.39 is 0 Å². The van der Waals surface area contributed by atoms with Gasteiger partial charge in [0.15, 0.2) is 10.9 Å². The van der Waals surface area contributed by atoms with E-state index in [4.69, 9.17) is 47.0 Å². The zero-order valence-corrected chi connectivity index (χ0v) is 21.1. The topological polar surface area (TPSA) is 59.7 Å². The molecule has 0 saturated carbocycles. The Balaban J connectivity index is 1.37. The van der Waals surface area contributed by atoms with Crippen molar-refractivity contribution in [1.82, 2.24) is 19.6 Å². The standard InChI is InChI=1S/C21H16BrCl3N6S/c22-16-12-31(9-13-5-6-18(24)19(25)7-13)29-20(16)28-21(32)27-15-8-26-30(11-15)10-14-3-1-2-4-17(14)23/h1-8,11-12H,9-10H2,(H2,27,28,29,32).